The highest BCUT2D eigenvalue weighted by molar-refractivity contribution is 7.99. The molecule has 23 heavy (non-hydrogen) atoms. The van der Waals surface area contributed by atoms with Crippen molar-refractivity contribution in [3.05, 3.63) is 29.3 Å². The van der Waals surface area contributed by atoms with Crippen molar-refractivity contribution in [3.63, 3.8) is 0 Å². The third kappa shape index (κ3) is 13.2. The van der Waals surface area contributed by atoms with Gasteiger partial charge in [0.05, 0.1) is 0 Å². The summed E-state index contributed by atoms with van der Waals surface area (Å²) >= 11 is 7.46. The molecule has 0 spiro atoms. The van der Waals surface area contributed by atoms with Crippen molar-refractivity contribution in [2.24, 2.45) is 11.5 Å². The Balaban J connectivity index is 0.00000149. The maximum atomic E-state index is 10.9. The molecular weight excluding hydrogens is 332 g/mol. The first-order valence-corrected chi connectivity index (χ1v) is 9.44. The molecule has 132 valence electrons. The number of carbonyl (C=O) groups is 1. The number of benzene rings is 1. The Bertz CT molecular complexity index is 416. The van der Waals surface area contributed by atoms with Crippen LogP contribution in [-0.2, 0) is 4.74 Å². The third-order valence-electron chi connectivity index (χ3n) is 2.76. The van der Waals surface area contributed by atoms with Gasteiger partial charge in [-0.05, 0) is 50.1 Å². The molecule has 0 radical (unpaired) electrons. The first-order chi connectivity index (χ1) is 11.0. The average Bonchev–Trinajstić information content (AvgIpc) is 2.51. The van der Waals surface area contributed by atoms with Crippen molar-refractivity contribution in [1.29, 1.82) is 0 Å². The van der Waals surface area contributed by atoms with Gasteiger partial charge < -0.3 is 16.2 Å². The van der Waals surface area contributed by atoms with Crippen molar-refractivity contribution < 1.29 is 9.53 Å². The van der Waals surface area contributed by atoms with Gasteiger partial charge in [-0.2, -0.15) is 0 Å². The standard InChI is InChI=1S/C14H21ClN2O2S.C3H8/c15-11-5-7-13(8-6-11)20-10-12(19-14(17)18)4-2-1-3-9-16;1-3-2/h5-8,12H,1-4,9-10,16H2,(H2,17,18);3H2,1-2H3. The Labute approximate surface area is 149 Å². The molecule has 0 fully saturated rings. The van der Waals surface area contributed by atoms with Crippen molar-refractivity contribution in [2.75, 3.05) is 12.3 Å². The fourth-order valence-corrected chi connectivity index (χ4v) is 2.82. The summed E-state index contributed by atoms with van der Waals surface area (Å²) in [5, 5.41) is 0.709. The largest absolute Gasteiger partial charge is 0.446 e. The van der Waals surface area contributed by atoms with Gasteiger partial charge in [-0.3, -0.25) is 0 Å². The average molecular weight is 361 g/mol. The van der Waals surface area contributed by atoms with Gasteiger partial charge >= 0.3 is 6.09 Å². The molecule has 1 atom stereocenters. The first kappa shape index (κ1) is 22.1. The monoisotopic (exact) mass is 360 g/mol. The van der Waals surface area contributed by atoms with E-state index in [2.05, 4.69) is 13.8 Å². The van der Waals surface area contributed by atoms with Gasteiger partial charge in [-0.25, -0.2) is 4.79 Å². The number of ether oxygens (including phenoxy) is 1. The van der Waals surface area contributed by atoms with E-state index < -0.39 is 6.09 Å². The summed E-state index contributed by atoms with van der Waals surface area (Å²) in [5.41, 5.74) is 10.6. The number of primary amides is 1. The zero-order valence-corrected chi connectivity index (χ0v) is 15.7. The molecule has 4 N–H and O–H groups in total. The van der Waals surface area contributed by atoms with E-state index in [9.17, 15) is 4.79 Å². The van der Waals surface area contributed by atoms with Crippen molar-refractivity contribution in [1.82, 2.24) is 0 Å². The molecule has 0 heterocycles. The molecule has 0 saturated heterocycles. The van der Waals surface area contributed by atoms with Crippen LogP contribution in [0, 0.1) is 0 Å². The van der Waals surface area contributed by atoms with Crippen LogP contribution in [-0.4, -0.2) is 24.5 Å². The van der Waals surface area contributed by atoms with Crippen molar-refractivity contribution in [2.45, 2.75) is 57.0 Å². The highest BCUT2D eigenvalue weighted by Gasteiger charge is 2.13. The smallest absolute Gasteiger partial charge is 0.404 e. The minimum Gasteiger partial charge on any atom is -0.446 e. The molecule has 0 aliphatic heterocycles. The van der Waals surface area contributed by atoms with E-state index in [1.165, 1.54) is 6.42 Å². The second-order valence-electron chi connectivity index (χ2n) is 5.17. The van der Waals surface area contributed by atoms with Crippen LogP contribution in [0.4, 0.5) is 4.79 Å². The molecule has 1 aromatic carbocycles. The molecule has 4 nitrogen and oxygen atoms in total. The quantitative estimate of drug-likeness (QED) is 0.488. The number of unbranched alkanes of at least 4 members (excludes halogenated alkanes) is 2. The van der Waals surface area contributed by atoms with Crippen molar-refractivity contribution >= 4 is 29.5 Å². The van der Waals surface area contributed by atoms with Gasteiger partial charge in [0.2, 0.25) is 0 Å². The summed E-state index contributed by atoms with van der Waals surface area (Å²) in [4.78, 5) is 12.0. The molecule has 0 aromatic heterocycles. The van der Waals surface area contributed by atoms with Gasteiger partial charge in [0.1, 0.15) is 6.10 Å². The predicted octanol–water partition coefficient (Wildman–Crippen LogP) is 4.83. The molecule has 1 aromatic rings. The molecule has 0 bridgehead atoms. The van der Waals surface area contributed by atoms with Crippen LogP contribution in [0.2, 0.25) is 5.02 Å². The highest BCUT2D eigenvalue weighted by atomic mass is 35.5. The Kier molecular flexibility index (Phi) is 14.1. The summed E-state index contributed by atoms with van der Waals surface area (Å²) in [5.74, 6) is 0.688. The lowest BCUT2D eigenvalue weighted by Gasteiger charge is -2.16. The van der Waals surface area contributed by atoms with E-state index >= 15 is 0 Å². The van der Waals surface area contributed by atoms with E-state index in [-0.39, 0.29) is 6.10 Å². The minimum atomic E-state index is -0.717. The van der Waals surface area contributed by atoms with Crippen LogP contribution in [0.25, 0.3) is 0 Å². The SMILES string of the molecule is CCC.NCCCCCC(CSc1ccc(Cl)cc1)OC(N)=O. The lowest BCUT2D eigenvalue weighted by Crippen LogP contribution is -2.24. The normalized spacial score (nSPS) is 11.3. The summed E-state index contributed by atoms with van der Waals surface area (Å²) < 4.78 is 5.14. The number of hydrogen-bond acceptors (Lipinski definition) is 4. The summed E-state index contributed by atoms with van der Waals surface area (Å²) in [6.45, 7) is 4.95. The predicted molar refractivity (Wildman–Crippen MR) is 100 cm³/mol. The van der Waals surface area contributed by atoms with Crippen LogP contribution in [0.15, 0.2) is 29.2 Å². The Morgan fingerprint density at radius 2 is 1.83 bits per heavy atom. The van der Waals surface area contributed by atoms with Crippen LogP contribution >= 0.6 is 23.4 Å². The number of rotatable bonds is 9. The third-order valence-corrected chi connectivity index (χ3v) is 4.16. The van der Waals surface area contributed by atoms with Gasteiger partial charge in [0.15, 0.2) is 0 Å². The fraction of sp³-hybridized carbons (Fsp3) is 0.588. The highest BCUT2D eigenvalue weighted by Crippen LogP contribution is 2.23. The summed E-state index contributed by atoms with van der Waals surface area (Å²) in [7, 11) is 0. The second-order valence-corrected chi connectivity index (χ2v) is 6.70. The topological polar surface area (TPSA) is 78.3 Å². The zero-order chi connectivity index (χ0) is 17.5. The van der Waals surface area contributed by atoms with Crippen molar-refractivity contribution in [3.8, 4) is 0 Å². The Morgan fingerprint density at radius 1 is 1.22 bits per heavy atom. The van der Waals surface area contributed by atoms with Gasteiger partial charge in [0.25, 0.3) is 0 Å². The molecule has 1 amide bonds. The number of amides is 1. The minimum absolute atomic E-state index is 0.161. The summed E-state index contributed by atoms with van der Waals surface area (Å²) in [6, 6.07) is 7.58. The van der Waals surface area contributed by atoms with E-state index in [4.69, 9.17) is 27.8 Å². The van der Waals surface area contributed by atoms with E-state index in [0.717, 1.165) is 30.6 Å². The zero-order valence-electron chi connectivity index (χ0n) is 14.1. The van der Waals surface area contributed by atoms with E-state index in [1.807, 2.05) is 24.3 Å². The van der Waals surface area contributed by atoms with E-state index in [1.54, 1.807) is 11.8 Å². The molecule has 6 heteroatoms. The maximum Gasteiger partial charge on any atom is 0.404 e. The number of halogens is 1. The first-order valence-electron chi connectivity index (χ1n) is 8.07. The number of carbonyl (C=O) groups excluding carboxylic acids is 1. The number of thioether (sulfide) groups is 1. The van der Waals surface area contributed by atoms with Gasteiger partial charge in [0, 0.05) is 15.7 Å². The van der Waals surface area contributed by atoms with Crippen LogP contribution < -0.4 is 11.5 Å². The Hall–Kier alpha value is -0.910. The molecule has 1 unspecified atom stereocenters. The maximum absolute atomic E-state index is 10.9. The molecule has 0 aliphatic carbocycles. The molecule has 0 saturated carbocycles. The van der Waals surface area contributed by atoms with E-state index in [0.29, 0.717) is 17.3 Å². The molecule has 0 aliphatic rings. The lowest BCUT2D eigenvalue weighted by molar-refractivity contribution is 0.112. The van der Waals surface area contributed by atoms with Crippen LogP contribution in [0.1, 0.15) is 46.0 Å². The van der Waals surface area contributed by atoms with Crippen LogP contribution in [0.3, 0.4) is 0 Å². The lowest BCUT2D eigenvalue weighted by atomic mass is 10.1. The fourth-order valence-electron chi connectivity index (χ4n) is 1.75. The number of nitrogens with two attached hydrogens (primary N) is 2. The summed E-state index contributed by atoms with van der Waals surface area (Å²) in [6.07, 6.45) is 4.20. The van der Waals surface area contributed by atoms with Gasteiger partial charge in [-0.15, -0.1) is 11.8 Å². The molecular formula is C17H29ClN2O2S. The second kappa shape index (κ2) is 14.7. The molecule has 1 rings (SSSR count). The number of hydrogen-bond donors (Lipinski definition) is 2. The van der Waals surface area contributed by atoms with Gasteiger partial charge in [-0.1, -0.05) is 38.3 Å². The Morgan fingerprint density at radius 3 is 2.35 bits per heavy atom. The van der Waals surface area contributed by atoms with Crippen LogP contribution in [0.5, 0.6) is 0 Å².